The van der Waals surface area contributed by atoms with Crippen molar-refractivity contribution in [3.8, 4) is 0 Å². The topological polar surface area (TPSA) is 78.6 Å². The first-order valence-corrected chi connectivity index (χ1v) is 3.76. The molecule has 2 N–H and O–H groups in total. The lowest BCUT2D eigenvalue weighted by Gasteiger charge is -2.02. The monoisotopic (exact) mass is 187 g/mol. The Kier molecular flexibility index (Phi) is 5.34. The molecule has 5 nitrogen and oxygen atoms in total. The first-order chi connectivity index (χ1) is 6.02. The van der Waals surface area contributed by atoms with Crippen LogP contribution in [0.2, 0.25) is 0 Å². The van der Waals surface area contributed by atoms with E-state index in [0.29, 0.717) is 5.70 Å². The molecule has 0 rings (SSSR count). The summed E-state index contributed by atoms with van der Waals surface area (Å²) in [7, 11) is 0. The predicted molar refractivity (Wildman–Crippen MR) is 45.5 cm³/mol. The van der Waals surface area contributed by atoms with E-state index >= 15 is 0 Å². The molecule has 13 heavy (non-hydrogen) atoms. The van der Waals surface area contributed by atoms with Gasteiger partial charge in [-0.1, -0.05) is 0 Å². The predicted octanol–water partition coefficient (Wildman–Crippen LogP) is -0.0448. The zero-order valence-electron chi connectivity index (χ0n) is 7.70. The van der Waals surface area contributed by atoms with Crippen molar-refractivity contribution in [2.75, 3.05) is 13.2 Å². The van der Waals surface area contributed by atoms with E-state index in [4.69, 9.17) is 5.73 Å². The van der Waals surface area contributed by atoms with Crippen molar-refractivity contribution in [1.82, 2.24) is 0 Å². The van der Waals surface area contributed by atoms with Crippen molar-refractivity contribution in [2.45, 2.75) is 13.8 Å². The van der Waals surface area contributed by atoms with Crippen LogP contribution < -0.4 is 5.73 Å². The van der Waals surface area contributed by atoms with E-state index in [1.807, 2.05) is 0 Å². The summed E-state index contributed by atoms with van der Waals surface area (Å²) < 4.78 is 9.16. The average Bonchev–Trinajstić information content (AvgIpc) is 1.96. The van der Waals surface area contributed by atoms with E-state index in [-0.39, 0.29) is 13.2 Å². The second-order valence-electron chi connectivity index (χ2n) is 2.40. The van der Waals surface area contributed by atoms with Crippen LogP contribution in [0, 0.1) is 0 Å². The van der Waals surface area contributed by atoms with Gasteiger partial charge in [0.2, 0.25) is 0 Å². The molecule has 0 atom stereocenters. The Bertz CT molecular complexity index is 218. The van der Waals surface area contributed by atoms with E-state index in [1.165, 1.54) is 6.92 Å². The molecule has 0 heterocycles. The molecule has 0 spiro atoms. The minimum atomic E-state index is -0.535. The fraction of sp³-hybridized carbons (Fsp3) is 0.500. The Morgan fingerprint density at radius 1 is 1.23 bits per heavy atom. The molecule has 0 aliphatic carbocycles. The van der Waals surface area contributed by atoms with Crippen LogP contribution in [0.1, 0.15) is 13.8 Å². The molecule has 0 aliphatic rings. The van der Waals surface area contributed by atoms with Crippen LogP contribution >= 0.6 is 0 Å². The lowest BCUT2D eigenvalue weighted by atomic mass is 10.4. The fourth-order valence-electron chi connectivity index (χ4n) is 0.555. The van der Waals surface area contributed by atoms with E-state index in [0.717, 1.165) is 6.08 Å². The summed E-state index contributed by atoms with van der Waals surface area (Å²) in [6.07, 6.45) is 1.16. The van der Waals surface area contributed by atoms with Crippen LogP contribution in [0.25, 0.3) is 0 Å². The second kappa shape index (κ2) is 6.05. The molecule has 0 aromatic carbocycles. The number of esters is 2. The van der Waals surface area contributed by atoms with Crippen LogP contribution in [0.15, 0.2) is 11.8 Å². The third-order valence-electron chi connectivity index (χ3n) is 0.979. The standard InChI is InChI=1S/C8H13NO4/c1-6(9)5-8(11)13-4-3-12-7(2)10/h5H,3-4,9H2,1-2H3. The number of hydrogen-bond acceptors (Lipinski definition) is 5. The summed E-state index contributed by atoms with van der Waals surface area (Å²) in [6.45, 7) is 2.97. The maximum absolute atomic E-state index is 10.8. The number of nitrogens with two attached hydrogens (primary N) is 1. The molecule has 74 valence electrons. The Morgan fingerprint density at radius 3 is 2.23 bits per heavy atom. The Labute approximate surface area is 76.5 Å². The summed E-state index contributed by atoms with van der Waals surface area (Å²) in [5.74, 6) is -0.936. The SMILES string of the molecule is CC(=O)OCCOC(=O)C=C(C)N. The molecule has 0 fully saturated rings. The molecular weight excluding hydrogens is 174 g/mol. The van der Waals surface area contributed by atoms with E-state index in [9.17, 15) is 9.59 Å². The molecule has 0 aromatic heterocycles. The maximum Gasteiger partial charge on any atom is 0.332 e. The Morgan fingerprint density at radius 2 is 1.77 bits per heavy atom. The molecule has 0 saturated heterocycles. The molecule has 0 aromatic rings. The van der Waals surface area contributed by atoms with Gasteiger partial charge in [-0.3, -0.25) is 4.79 Å². The third-order valence-corrected chi connectivity index (χ3v) is 0.979. The zero-order chi connectivity index (χ0) is 10.3. The van der Waals surface area contributed by atoms with Crippen molar-refractivity contribution in [3.63, 3.8) is 0 Å². The van der Waals surface area contributed by atoms with E-state index in [2.05, 4.69) is 9.47 Å². The van der Waals surface area contributed by atoms with Gasteiger partial charge >= 0.3 is 11.9 Å². The number of ether oxygens (including phenoxy) is 2. The van der Waals surface area contributed by atoms with Crippen molar-refractivity contribution in [1.29, 1.82) is 0 Å². The van der Waals surface area contributed by atoms with Gasteiger partial charge in [-0.2, -0.15) is 0 Å². The Hall–Kier alpha value is -1.52. The van der Waals surface area contributed by atoms with Crippen LogP contribution in [-0.4, -0.2) is 25.2 Å². The summed E-state index contributed by atoms with van der Waals surface area (Å²) >= 11 is 0. The molecule has 0 radical (unpaired) electrons. The van der Waals surface area contributed by atoms with Gasteiger partial charge < -0.3 is 15.2 Å². The molecular formula is C8H13NO4. The van der Waals surface area contributed by atoms with Crippen molar-refractivity contribution < 1.29 is 19.1 Å². The molecule has 0 aliphatic heterocycles. The van der Waals surface area contributed by atoms with Gasteiger partial charge in [-0.15, -0.1) is 0 Å². The van der Waals surface area contributed by atoms with Crippen LogP contribution in [0.5, 0.6) is 0 Å². The molecule has 5 heteroatoms. The quantitative estimate of drug-likeness (QED) is 0.379. The van der Waals surface area contributed by atoms with E-state index < -0.39 is 11.9 Å². The highest BCUT2D eigenvalue weighted by molar-refractivity contribution is 5.82. The maximum atomic E-state index is 10.8. The molecule has 0 saturated carbocycles. The normalized spacial score (nSPS) is 10.8. The minimum Gasteiger partial charge on any atom is -0.462 e. The fourth-order valence-corrected chi connectivity index (χ4v) is 0.555. The highest BCUT2D eigenvalue weighted by Gasteiger charge is 1.98. The van der Waals surface area contributed by atoms with Gasteiger partial charge in [0.15, 0.2) is 0 Å². The summed E-state index contributed by atoms with van der Waals surface area (Å²) in [5.41, 5.74) is 5.59. The summed E-state index contributed by atoms with van der Waals surface area (Å²) in [6, 6.07) is 0. The Balaban J connectivity index is 3.49. The van der Waals surface area contributed by atoms with Gasteiger partial charge in [0.05, 0.1) is 0 Å². The third kappa shape index (κ3) is 8.39. The van der Waals surface area contributed by atoms with Gasteiger partial charge in [0, 0.05) is 18.7 Å². The first kappa shape index (κ1) is 11.5. The van der Waals surface area contributed by atoms with Crippen molar-refractivity contribution in [3.05, 3.63) is 11.8 Å². The number of allylic oxidation sites excluding steroid dienone is 1. The van der Waals surface area contributed by atoms with E-state index in [1.54, 1.807) is 6.92 Å². The number of rotatable bonds is 4. The molecule has 0 amide bonds. The number of carbonyl (C=O) groups is 2. The van der Waals surface area contributed by atoms with Gasteiger partial charge in [0.1, 0.15) is 13.2 Å². The number of hydrogen-bond donors (Lipinski definition) is 1. The van der Waals surface area contributed by atoms with Crippen LogP contribution in [0.3, 0.4) is 0 Å². The van der Waals surface area contributed by atoms with Crippen molar-refractivity contribution >= 4 is 11.9 Å². The average molecular weight is 187 g/mol. The highest BCUT2D eigenvalue weighted by atomic mass is 16.6. The van der Waals surface area contributed by atoms with Gasteiger partial charge in [0.25, 0.3) is 0 Å². The van der Waals surface area contributed by atoms with Crippen LogP contribution in [-0.2, 0) is 19.1 Å². The van der Waals surface area contributed by atoms with Crippen LogP contribution in [0.4, 0.5) is 0 Å². The number of carbonyl (C=O) groups excluding carboxylic acids is 2. The zero-order valence-corrected chi connectivity index (χ0v) is 7.70. The highest BCUT2D eigenvalue weighted by Crippen LogP contribution is 1.86. The minimum absolute atomic E-state index is 0.0438. The van der Waals surface area contributed by atoms with Gasteiger partial charge in [-0.05, 0) is 6.92 Å². The first-order valence-electron chi connectivity index (χ1n) is 3.76. The largest absolute Gasteiger partial charge is 0.462 e. The molecule has 0 bridgehead atoms. The second-order valence-corrected chi connectivity index (χ2v) is 2.40. The molecule has 0 unspecified atom stereocenters. The van der Waals surface area contributed by atoms with Gasteiger partial charge in [-0.25, -0.2) is 4.79 Å². The van der Waals surface area contributed by atoms with Crippen molar-refractivity contribution in [2.24, 2.45) is 5.73 Å². The smallest absolute Gasteiger partial charge is 0.332 e. The summed E-state index contributed by atoms with van der Waals surface area (Å²) in [4.78, 5) is 21.1. The summed E-state index contributed by atoms with van der Waals surface area (Å²) in [5, 5.41) is 0. The lowest BCUT2D eigenvalue weighted by molar-refractivity contribution is -0.147. The lowest BCUT2D eigenvalue weighted by Crippen LogP contribution is -2.11.